The smallest absolute Gasteiger partial charge is 0.407 e. The van der Waals surface area contributed by atoms with Gasteiger partial charge in [0, 0.05) is 41.7 Å². The zero-order valence-electron chi connectivity index (χ0n) is 36.1. The van der Waals surface area contributed by atoms with Crippen molar-refractivity contribution in [2.45, 2.75) is 149 Å². The largest absolute Gasteiger partial charge is 0.458 e. The van der Waals surface area contributed by atoms with Crippen molar-refractivity contribution < 1.29 is 43.3 Å². The molecule has 4 heterocycles. The fraction of sp³-hybridized carbons (Fsp3) is 0.591. The number of nitrogens with zero attached hydrogens (tertiary/aromatic N) is 2. The van der Waals surface area contributed by atoms with Crippen LogP contribution in [-0.2, 0) is 49.0 Å². The van der Waals surface area contributed by atoms with Gasteiger partial charge < -0.3 is 45.9 Å². The Labute approximate surface area is 354 Å². The number of cyclic esters (lactones) is 1. The number of alkyl carbamates (subject to hydrolysis) is 1. The Morgan fingerprint density at radius 1 is 1.07 bits per heavy atom. The number of hydrogen-bond acceptors (Lipinski definition) is 12. The van der Waals surface area contributed by atoms with Crippen LogP contribution in [0.4, 0.5) is 9.18 Å². The van der Waals surface area contributed by atoms with E-state index in [0.29, 0.717) is 67.5 Å². The summed E-state index contributed by atoms with van der Waals surface area (Å²) in [5.41, 5.74) is 7.50. The van der Waals surface area contributed by atoms with Crippen molar-refractivity contribution >= 4 is 34.8 Å². The van der Waals surface area contributed by atoms with Gasteiger partial charge in [0.25, 0.3) is 5.56 Å². The molecule has 0 saturated carbocycles. The second-order valence-corrected chi connectivity index (χ2v) is 17.8. The van der Waals surface area contributed by atoms with Crippen LogP contribution < -0.4 is 32.6 Å². The highest BCUT2D eigenvalue weighted by atomic mass is 19.1. The lowest BCUT2D eigenvalue weighted by Crippen LogP contribution is -2.53. The topological polar surface area (TPSA) is 236 Å². The summed E-state index contributed by atoms with van der Waals surface area (Å²) in [6.07, 6.45) is 1.50. The van der Waals surface area contributed by atoms with Gasteiger partial charge in [0.15, 0.2) is 5.60 Å². The van der Waals surface area contributed by atoms with Crippen LogP contribution in [0.2, 0.25) is 0 Å². The van der Waals surface area contributed by atoms with E-state index < -0.39 is 70.8 Å². The lowest BCUT2D eigenvalue weighted by atomic mass is 9.81. The number of aliphatic hydroxyl groups excluding tert-OH is 1. The summed E-state index contributed by atoms with van der Waals surface area (Å²) in [6, 6.07) is 0.930. The summed E-state index contributed by atoms with van der Waals surface area (Å²) in [5.74, 6) is -2.21. The minimum Gasteiger partial charge on any atom is -0.458 e. The molecule has 332 valence electrons. The van der Waals surface area contributed by atoms with E-state index in [0.717, 1.165) is 22.1 Å². The number of nitrogens with two attached hydrogens (primary N) is 1. The predicted molar refractivity (Wildman–Crippen MR) is 224 cm³/mol. The fourth-order valence-electron chi connectivity index (χ4n) is 8.48. The Morgan fingerprint density at radius 3 is 2.48 bits per heavy atom. The number of fused-ring (bicyclic) bond motifs is 5. The molecule has 3 aromatic rings. The molecule has 0 radical (unpaired) electrons. The Hall–Kier alpha value is -4.97. The molecule has 61 heavy (non-hydrogen) atoms. The SMILES string of the molecule is CC[C@@]1(O)C(=O)OCc2c1cc1n(c2=O)Cc2c-1nc1cc(F)c(C)c3c1c2[C@@H](NC(O)CCCNC(=O)[C@H](CCCCNC(=O)OC(C)(C)C)NC(=O)[C@@H](N)C(C)C)CC3. The first-order valence-corrected chi connectivity index (χ1v) is 21.3. The number of amides is 3. The first-order chi connectivity index (χ1) is 28.7. The number of rotatable bonds is 16. The molecule has 1 aliphatic carbocycles. The third kappa shape index (κ3) is 9.44. The molecule has 17 heteroatoms. The van der Waals surface area contributed by atoms with Crippen molar-refractivity contribution in [3.05, 3.63) is 61.7 Å². The van der Waals surface area contributed by atoms with Gasteiger partial charge in [-0.2, -0.15) is 0 Å². The minimum atomic E-state index is -2.00. The molecule has 0 spiro atoms. The number of carbonyl (C=O) groups is 4. The summed E-state index contributed by atoms with van der Waals surface area (Å²) in [6.45, 7) is 12.7. The zero-order valence-corrected chi connectivity index (χ0v) is 36.1. The highest BCUT2D eigenvalue weighted by Gasteiger charge is 2.46. The number of ether oxygens (including phenoxy) is 2. The maximum Gasteiger partial charge on any atom is 0.407 e. The molecule has 6 rings (SSSR count). The molecule has 0 saturated heterocycles. The second-order valence-electron chi connectivity index (χ2n) is 17.8. The standard InChI is InChI=1S/C44H60FN7O9/c1-8-44(59)27-18-32-37-25(20-52(32)40(56)26(27)21-60-41(44)57)35-29(15-14-24-23(4)28(45)19-31(50-37)34(24)35)49-33(53)13-11-17-47-38(54)30(51-39(55)36(46)22(2)3)12-9-10-16-48-42(58)61-43(5,6)7/h18-19,22,29-30,33,36,49,53,59H,8-17,20-21,46H2,1-7H3,(H,47,54)(H,48,58)(H,51,55)/t29-,30-,33?,36-,44-/m0/s1. The van der Waals surface area contributed by atoms with E-state index >= 15 is 4.39 Å². The number of benzene rings is 1. The third-order valence-electron chi connectivity index (χ3n) is 12.0. The number of carbonyl (C=O) groups excluding carboxylic acids is 4. The molecule has 5 atom stereocenters. The summed E-state index contributed by atoms with van der Waals surface area (Å²) in [4.78, 5) is 69.8. The lowest BCUT2D eigenvalue weighted by molar-refractivity contribution is -0.172. The highest BCUT2D eigenvalue weighted by molar-refractivity contribution is 5.93. The molecule has 3 aliphatic rings. The van der Waals surface area contributed by atoms with Gasteiger partial charge in [0.05, 0.1) is 35.1 Å². The summed E-state index contributed by atoms with van der Waals surface area (Å²) >= 11 is 0. The monoisotopic (exact) mass is 849 g/mol. The normalized spacial score (nSPS) is 19.3. The molecule has 3 amide bonds. The summed E-state index contributed by atoms with van der Waals surface area (Å²) < 4.78 is 27.4. The van der Waals surface area contributed by atoms with Gasteiger partial charge in [0.1, 0.15) is 30.3 Å². The average molecular weight is 850 g/mol. The molecular weight excluding hydrogens is 790 g/mol. The van der Waals surface area contributed by atoms with E-state index in [-0.39, 0.29) is 49.6 Å². The summed E-state index contributed by atoms with van der Waals surface area (Å²) in [5, 5.41) is 35.2. The molecule has 0 fully saturated rings. The molecule has 8 N–H and O–H groups in total. The van der Waals surface area contributed by atoms with E-state index in [1.165, 1.54) is 6.07 Å². The predicted octanol–water partition coefficient (Wildman–Crippen LogP) is 3.48. The van der Waals surface area contributed by atoms with Crippen LogP contribution in [0, 0.1) is 18.7 Å². The van der Waals surface area contributed by atoms with Crippen molar-refractivity contribution in [3.8, 4) is 11.4 Å². The molecule has 0 bridgehead atoms. The average Bonchev–Trinajstić information content (AvgIpc) is 3.57. The number of aliphatic hydroxyl groups is 2. The van der Waals surface area contributed by atoms with Gasteiger partial charge in [-0.25, -0.2) is 19.0 Å². The van der Waals surface area contributed by atoms with Crippen LogP contribution in [0.3, 0.4) is 0 Å². The van der Waals surface area contributed by atoms with Gasteiger partial charge in [0.2, 0.25) is 11.8 Å². The number of hydrogen-bond donors (Lipinski definition) is 7. The van der Waals surface area contributed by atoms with E-state index in [4.69, 9.17) is 20.2 Å². The van der Waals surface area contributed by atoms with Gasteiger partial charge >= 0.3 is 12.1 Å². The van der Waals surface area contributed by atoms with Crippen LogP contribution in [0.25, 0.3) is 22.3 Å². The van der Waals surface area contributed by atoms with E-state index in [2.05, 4.69) is 21.3 Å². The van der Waals surface area contributed by atoms with Gasteiger partial charge in [-0.1, -0.05) is 20.8 Å². The van der Waals surface area contributed by atoms with Gasteiger partial charge in [-0.05, 0) is 108 Å². The van der Waals surface area contributed by atoms with Crippen molar-refractivity contribution in [2.24, 2.45) is 11.7 Å². The number of unbranched alkanes of at least 4 members (excludes halogenated alkanes) is 1. The molecule has 1 aromatic carbocycles. The number of pyridine rings is 2. The quantitative estimate of drug-likeness (QED) is 0.0488. The van der Waals surface area contributed by atoms with Crippen LogP contribution in [0.5, 0.6) is 0 Å². The van der Waals surface area contributed by atoms with Gasteiger partial charge in [-0.3, -0.25) is 19.7 Å². The minimum absolute atomic E-state index is 0.00676. The van der Waals surface area contributed by atoms with Crippen LogP contribution >= 0.6 is 0 Å². The van der Waals surface area contributed by atoms with Crippen molar-refractivity contribution in [3.63, 3.8) is 0 Å². The van der Waals surface area contributed by atoms with Crippen LogP contribution in [-0.4, -0.2) is 80.6 Å². The molecule has 1 unspecified atom stereocenters. The number of esters is 1. The molecule has 2 aromatic heterocycles. The summed E-state index contributed by atoms with van der Waals surface area (Å²) in [7, 11) is 0. The van der Waals surface area contributed by atoms with Gasteiger partial charge in [-0.15, -0.1) is 0 Å². The molecular formula is C44H60FN7O9. The number of nitrogens with one attached hydrogen (secondary N) is 4. The Balaban J connectivity index is 1.14. The first kappa shape index (κ1) is 45.6. The number of halogens is 1. The van der Waals surface area contributed by atoms with Crippen LogP contribution in [0.15, 0.2) is 16.9 Å². The maximum atomic E-state index is 15.4. The lowest BCUT2D eigenvalue weighted by Gasteiger charge is -2.31. The molecule has 2 aliphatic heterocycles. The Kier molecular flexibility index (Phi) is 13.6. The Morgan fingerprint density at radius 2 is 1.79 bits per heavy atom. The number of aryl methyl sites for hydroxylation is 1. The highest BCUT2D eigenvalue weighted by Crippen LogP contribution is 2.46. The molecule has 16 nitrogen and oxygen atoms in total. The second kappa shape index (κ2) is 18.2. The van der Waals surface area contributed by atoms with Crippen LogP contribution in [0.1, 0.15) is 126 Å². The van der Waals surface area contributed by atoms with E-state index in [9.17, 15) is 34.2 Å². The van der Waals surface area contributed by atoms with Crippen molar-refractivity contribution in [1.82, 2.24) is 30.8 Å². The third-order valence-corrected chi connectivity index (χ3v) is 12.0. The fourth-order valence-corrected chi connectivity index (χ4v) is 8.48. The van der Waals surface area contributed by atoms with E-state index in [1.807, 2.05) is 13.8 Å². The Bertz CT molecular complexity index is 2270. The first-order valence-electron chi connectivity index (χ1n) is 21.3. The van der Waals surface area contributed by atoms with E-state index in [1.54, 1.807) is 45.3 Å². The number of aromatic nitrogens is 2. The van der Waals surface area contributed by atoms with Crippen molar-refractivity contribution in [1.29, 1.82) is 0 Å². The zero-order chi connectivity index (χ0) is 44.6. The maximum absolute atomic E-state index is 15.4. The van der Waals surface area contributed by atoms with Crippen molar-refractivity contribution in [2.75, 3.05) is 13.1 Å².